The molecule has 2 aliphatic rings. The normalized spacial score (nSPS) is 21.4. The molecule has 10 heteroatoms. The molecule has 2 aliphatic heterocycles. The van der Waals surface area contributed by atoms with Crippen molar-refractivity contribution in [2.45, 2.75) is 56.4 Å². The molecule has 0 bridgehead atoms. The summed E-state index contributed by atoms with van der Waals surface area (Å²) < 4.78 is 27.4. The topological polar surface area (TPSA) is 97.6 Å². The van der Waals surface area contributed by atoms with Gasteiger partial charge in [0.1, 0.15) is 11.0 Å². The number of hydrogen-bond donors (Lipinski definition) is 0. The molecule has 29 heavy (non-hydrogen) atoms. The van der Waals surface area contributed by atoms with Gasteiger partial charge in [0.2, 0.25) is 10.0 Å². The van der Waals surface area contributed by atoms with E-state index in [0.717, 1.165) is 49.9 Å². The van der Waals surface area contributed by atoms with Crippen LogP contribution in [0.4, 0.5) is 0 Å². The fourth-order valence-electron chi connectivity index (χ4n) is 4.06. The van der Waals surface area contributed by atoms with Crippen molar-refractivity contribution in [2.24, 2.45) is 0 Å². The maximum Gasteiger partial charge on any atom is 0.263 e. The summed E-state index contributed by atoms with van der Waals surface area (Å²) in [6.45, 7) is 3.69. The van der Waals surface area contributed by atoms with Crippen LogP contribution in [0.1, 0.15) is 45.4 Å². The summed E-state index contributed by atoms with van der Waals surface area (Å²) in [6.07, 6.45) is 5.94. The highest BCUT2D eigenvalue weighted by Crippen LogP contribution is 2.23. The molecule has 158 valence electrons. The molecule has 1 amide bonds. The number of carbonyl (C=O) groups excluding carboxylic acids is 1. The van der Waals surface area contributed by atoms with E-state index in [1.807, 2.05) is 11.8 Å². The first-order chi connectivity index (χ1) is 14.0. The Labute approximate surface area is 170 Å². The lowest BCUT2D eigenvalue weighted by Crippen LogP contribution is -2.45. The largest absolute Gasteiger partial charge is 0.385 e. The van der Waals surface area contributed by atoms with Crippen molar-refractivity contribution in [2.75, 3.05) is 26.2 Å². The second-order valence-corrected chi connectivity index (χ2v) is 9.72. The highest BCUT2D eigenvalue weighted by Gasteiger charge is 2.27. The van der Waals surface area contributed by atoms with Crippen LogP contribution in [0.5, 0.6) is 0 Å². The molecule has 0 unspecified atom stereocenters. The zero-order valence-electron chi connectivity index (χ0n) is 16.7. The van der Waals surface area contributed by atoms with Gasteiger partial charge in [0.25, 0.3) is 5.91 Å². The van der Waals surface area contributed by atoms with E-state index in [2.05, 4.69) is 10.3 Å². The van der Waals surface area contributed by atoms with Gasteiger partial charge in [0, 0.05) is 25.7 Å². The van der Waals surface area contributed by atoms with Gasteiger partial charge in [-0.3, -0.25) is 4.79 Å². The maximum absolute atomic E-state index is 12.9. The molecule has 9 nitrogen and oxygen atoms in total. The molecule has 0 saturated carbocycles. The average molecular weight is 422 g/mol. The average Bonchev–Trinajstić information content (AvgIpc) is 3.15. The number of aromatic nitrogens is 3. The molecule has 2 saturated heterocycles. The first kappa shape index (κ1) is 20.1. The highest BCUT2D eigenvalue weighted by atomic mass is 32.2. The first-order valence-corrected chi connectivity index (χ1v) is 11.7. The van der Waals surface area contributed by atoms with Crippen LogP contribution >= 0.6 is 0 Å². The van der Waals surface area contributed by atoms with Crippen LogP contribution in [0.25, 0.3) is 11.0 Å². The minimum absolute atomic E-state index is 0.0991. The van der Waals surface area contributed by atoms with Crippen LogP contribution in [0.3, 0.4) is 0 Å². The number of hydrogen-bond acceptors (Lipinski definition) is 6. The standard InChI is InChI=1S/C19H27N5O4S/c1-15-7-3-6-12-23(15)19(25)14-28-24-18-13-16(8-9-17(18)20-21-24)29(26,27)22-10-4-2-5-11-22/h8-9,13,15H,2-7,10-12,14H2,1H3/t15-/m1/s1. The lowest BCUT2D eigenvalue weighted by atomic mass is 10.0. The van der Waals surface area contributed by atoms with Gasteiger partial charge in [0.05, 0.1) is 4.90 Å². The van der Waals surface area contributed by atoms with E-state index in [0.29, 0.717) is 24.1 Å². The van der Waals surface area contributed by atoms with Crippen molar-refractivity contribution in [1.29, 1.82) is 0 Å². The predicted octanol–water partition coefficient (Wildman–Crippen LogP) is 1.44. The van der Waals surface area contributed by atoms with Crippen LogP contribution in [-0.4, -0.2) is 71.0 Å². The van der Waals surface area contributed by atoms with E-state index < -0.39 is 10.0 Å². The molecule has 0 radical (unpaired) electrons. The van der Waals surface area contributed by atoms with Gasteiger partial charge >= 0.3 is 0 Å². The van der Waals surface area contributed by atoms with E-state index in [1.54, 1.807) is 12.1 Å². The Bertz CT molecular complexity index is 984. The van der Waals surface area contributed by atoms with Gasteiger partial charge < -0.3 is 9.74 Å². The Morgan fingerprint density at radius 3 is 2.66 bits per heavy atom. The third kappa shape index (κ3) is 4.09. The zero-order valence-corrected chi connectivity index (χ0v) is 17.5. The van der Waals surface area contributed by atoms with Crippen molar-refractivity contribution in [3.05, 3.63) is 18.2 Å². The van der Waals surface area contributed by atoms with Crippen molar-refractivity contribution < 1.29 is 18.0 Å². The lowest BCUT2D eigenvalue weighted by Gasteiger charge is -2.33. The van der Waals surface area contributed by atoms with Crippen molar-refractivity contribution >= 4 is 27.0 Å². The third-order valence-electron chi connectivity index (χ3n) is 5.77. The number of sulfonamides is 1. The Hall–Kier alpha value is -2.20. The van der Waals surface area contributed by atoms with Gasteiger partial charge in [-0.05, 0) is 62.4 Å². The second-order valence-electron chi connectivity index (χ2n) is 7.78. The summed E-state index contributed by atoms with van der Waals surface area (Å²) in [5, 5.41) is 7.95. The fourth-order valence-corrected chi connectivity index (χ4v) is 5.59. The number of fused-ring (bicyclic) bond motifs is 1. The van der Waals surface area contributed by atoms with Crippen LogP contribution in [0, 0.1) is 0 Å². The molecule has 1 aromatic carbocycles. The number of piperidine rings is 2. The summed E-state index contributed by atoms with van der Waals surface area (Å²) in [4.78, 5) is 21.3. The number of amides is 1. The molecule has 2 fully saturated rings. The number of likely N-dealkylation sites (tertiary alicyclic amines) is 1. The molecular weight excluding hydrogens is 394 g/mol. The SMILES string of the molecule is C[C@@H]1CCCCN1C(=O)COn1nnc2ccc(S(=O)(=O)N3CCCCC3)cc21. The Morgan fingerprint density at radius 1 is 1.14 bits per heavy atom. The summed E-state index contributed by atoms with van der Waals surface area (Å²) in [5.74, 6) is -0.0991. The van der Waals surface area contributed by atoms with E-state index in [-0.39, 0.29) is 23.5 Å². The van der Waals surface area contributed by atoms with Gasteiger partial charge in [-0.2, -0.15) is 4.31 Å². The third-order valence-corrected chi connectivity index (χ3v) is 7.67. The fraction of sp³-hybridized carbons (Fsp3) is 0.632. The van der Waals surface area contributed by atoms with E-state index in [1.165, 1.54) is 10.4 Å². The molecule has 0 N–H and O–H groups in total. The van der Waals surface area contributed by atoms with Gasteiger partial charge in [0.15, 0.2) is 6.61 Å². The van der Waals surface area contributed by atoms with E-state index in [4.69, 9.17) is 4.84 Å². The van der Waals surface area contributed by atoms with E-state index >= 15 is 0 Å². The Morgan fingerprint density at radius 2 is 1.90 bits per heavy atom. The van der Waals surface area contributed by atoms with Crippen LogP contribution in [0.2, 0.25) is 0 Å². The summed E-state index contributed by atoms with van der Waals surface area (Å²) in [7, 11) is -3.57. The van der Waals surface area contributed by atoms with Gasteiger partial charge in [-0.15, -0.1) is 5.10 Å². The van der Waals surface area contributed by atoms with E-state index in [9.17, 15) is 13.2 Å². The smallest absolute Gasteiger partial charge is 0.263 e. The quantitative estimate of drug-likeness (QED) is 0.725. The van der Waals surface area contributed by atoms with Crippen molar-refractivity contribution in [3.8, 4) is 0 Å². The van der Waals surface area contributed by atoms with Crippen LogP contribution < -0.4 is 4.84 Å². The Kier molecular flexibility index (Phi) is 5.73. The van der Waals surface area contributed by atoms with Crippen molar-refractivity contribution in [3.63, 3.8) is 0 Å². The summed E-state index contributed by atoms with van der Waals surface area (Å²) >= 11 is 0. The number of benzene rings is 1. The molecule has 0 spiro atoms. The molecule has 4 rings (SSSR count). The molecule has 1 aromatic heterocycles. The maximum atomic E-state index is 12.9. The predicted molar refractivity (Wildman–Crippen MR) is 107 cm³/mol. The van der Waals surface area contributed by atoms with Crippen LogP contribution in [-0.2, 0) is 14.8 Å². The molecule has 1 atom stereocenters. The summed E-state index contributed by atoms with van der Waals surface area (Å²) in [5.41, 5.74) is 0.948. The zero-order chi connectivity index (χ0) is 20.4. The minimum Gasteiger partial charge on any atom is -0.385 e. The molecular formula is C19H27N5O4S. The van der Waals surface area contributed by atoms with Crippen LogP contribution in [0.15, 0.2) is 23.1 Å². The molecule has 3 heterocycles. The minimum atomic E-state index is -3.57. The van der Waals surface area contributed by atoms with Gasteiger partial charge in [-0.1, -0.05) is 11.3 Å². The second kappa shape index (κ2) is 8.27. The number of nitrogens with zero attached hydrogens (tertiary/aromatic N) is 5. The number of rotatable bonds is 5. The highest BCUT2D eigenvalue weighted by molar-refractivity contribution is 7.89. The molecule has 0 aliphatic carbocycles. The Balaban J connectivity index is 1.52. The summed E-state index contributed by atoms with van der Waals surface area (Å²) in [6, 6.07) is 4.89. The lowest BCUT2D eigenvalue weighted by molar-refractivity contribution is -0.140. The number of carbonyl (C=O) groups is 1. The monoisotopic (exact) mass is 421 g/mol. The van der Waals surface area contributed by atoms with Crippen molar-refractivity contribution in [1.82, 2.24) is 24.4 Å². The van der Waals surface area contributed by atoms with Gasteiger partial charge in [-0.25, -0.2) is 8.42 Å². The molecule has 2 aromatic rings. The first-order valence-electron chi connectivity index (χ1n) is 10.3.